The number of pyridine rings is 3. The normalized spacial score (nSPS) is 15.7. The maximum absolute atomic E-state index is 13.6. The van der Waals surface area contributed by atoms with Crippen molar-refractivity contribution in [3.8, 4) is 22.6 Å². The average molecular weight is 524 g/mol. The molecule has 1 saturated heterocycles. The van der Waals surface area contributed by atoms with Gasteiger partial charge in [0.2, 0.25) is 0 Å². The highest BCUT2D eigenvalue weighted by Gasteiger charge is 2.37. The fourth-order valence-corrected chi connectivity index (χ4v) is 5.12. The smallest absolute Gasteiger partial charge is 0.261 e. The lowest BCUT2D eigenvalue weighted by atomic mass is 9.98. The summed E-state index contributed by atoms with van der Waals surface area (Å²) in [6.45, 7) is 6.50. The highest BCUT2D eigenvalue weighted by atomic mass is 19.3. The van der Waals surface area contributed by atoms with Gasteiger partial charge in [-0.05, 0) is 60.0 Å². The first-order valence-electron chi connectivity index (χ1n) is 12.7. The van der Waals surface area contributed by atoms with Gasteiger partial charge in [-0.15, -0.1) is 0 Å². The van der Waals surface area contributed by atoms with Crippen LogP contribution in [0, 0.1) is 6.92 Å². The Morgan fingerprint density at radius 3 is 2.74 bits per heavy atom. The molecule has 0 bridgehead atoms. The Labute approximate surface area is 224 Å². The van der Waals surface area contributed by atoms with Crippen LogP contribution in [0.1, 0.15) is 28.8 Å². The first-order valence-corrected chi connectivity index (χ1v) is 12.7. The molecule has 0 radical (unpaired) electrons. The molecular weight excluding hydrogens is 496 g/mol. The molecule has 2 N–H and O–H groups in total. The third kappa shape index (κ3) is 5.00. The molecule has 0 aliphatic carbocycles. The van der Waals surface area contributed by atoms with Crippen molar-refractivity contribution in [1.82, 2.24) is 35.0 Å². The second-order valence-electron chi connectivity index (χ2n) is 9.84. The van der Waals surface area contributed by atoms with Gasteiger partial charge < -0.3 is 4.98 Å². The number of nitrogens with zero attached hydrogens (tertiary/aromatic N) is 5. The van der Waals surface area contributed by atoms with Gasteiger partial charge in [0.25, 0.3) is 5.92 Å². The monoisotopic (exact) mass is 523 g/mol. The molecule has 9 heteroatoms. The van der Waals surface area contributed by atoms with E-state index in [-0.39, 0.29) is 13.0 Å². The minimum Gasteiger partial charge on any atom is -0.357 e. The van der Waals surface area contributed by atoms with Crippen LogP contribution in [-0.2, 0) is 6.54 Å². The number of nitrogens with one attached hydrogen (secondary N) is 2. The molecule has 1 fully saturated rings. The zero-order valence-electron chi connectivity index (χ0n) is 21.5. The van der Waals surface area contributed by atoms with Crippen LogP contribution in [0.3, 0.4) is 0 Å². The van der Waals surface area contributed by atoms with Crippen LogP contribution in [0.5, 0.6) is 0 Å². The molecule has 0 saturated carbocycles. The summed E-state index contributed by atoms with van der Waals surface area (Å²) in [6, 6.07) is 11.8. The molecule has 196 valence electrons. The zero-order valence-corrected chi connectivity index (χ0v) is 21.5. The van der Waals surface area contributed by atoms with E-state index >= 15 is 0 Å². The van der Waals surface area contributed by atoms with Gasteiger partial charge in [0, 0.05) is 61.1 Å². The van der Waals surface area contributed by atoms with Gasteiger partial charge in [-0.3, -0.25) is 20.0 Å². The lowest BCUT2D eigenvalue weighted by molar-refractivity contribution is 0.0115. The van der Waals surface area contributed by atoms with E-state index in [1.165, 1.54) is 0 Å². The van der Waals surface area contributed by atoms with E-state index in [1.807, 2.05) is 43.3 Å². The molecule has 7 nitrogen and oxygen atoms in total. The first-order chi connectivity index (χ1) is 18.9. The number of rotatable bonds is 7. The molecule has 1 aliphatic rings. The standard InChI is InChI=1S/C30H27F2N7/c1-3-4-23(21-7-10-33-11-8-21)24-14-27(35-19(24)2)29-28-26(37-38-29)6-5-25(36-28)22-13-20(15-34-16-22)17-39-12-9-30(31,32)18-39/h3-8,10-11,13-16,35H,1,9,12,17-18H2,2H3,(H,37,38)/b23-4-. The first kappa shape index (κ1) is 24.8. The average Bonchev–Trinajstić information content (AvgIpc) is 3.63. The Morgan fingerprint density at radius 2 is 1.97 bits per heavy atom. The van der Waals surface area contributed by atoms with Crippen molar-refractivity contribution in [2.24, 2.45) is 0 Å². The van der Waals surface area contributed by atoms with Crippen LogP contribution in [0.2, 0.25) is 0 Å². The number of halogens is 2. The number of H-pyrrole nitrogens is 2. The van der Waals surface area contributed by atoms with Gasteiger partial charge in [-0.1, -0.05) is 18.7 Å². The number of aryl methyl sites for hydroxylation is 1. The molecule has 5 aromatic rings. The quantitative estimate of drug-likeness (QED) is 0.249. The van der Waals surface area contributed by atoms with Crippen molar-refractivity contribution in [3.05, 3.63) is 102 Å². The predicted octanol–water partition coefficient (Wildman–Crippen LogP) is 6.18. The van der Waals surface area contributed by atoms with Crippen LogP contribution in [0.15, 0.2) is 79.9 Å². The van der Waals surface area contributed by atoms with E-state index in [0.29, 0.717) is 18.8 Å². The number of hydrogen-bond donors (Lipinski definition) is 2. The van der Waals surface area contributed by atoms with Crippen LogP contribution >= 0.6 is 0 Å². The number of likely N-dealkylation sites (tertiary alicyclic amines) is 1. The third-order valence-corrected chi connectivity index (χ3v) is 6.99. The summed E-state index contributed by atoms with van der Waals surface area (Å²) < 4.78 is 27.3. The Morgan fingerprint density at radius 1 is 1.13 bits per heavy atom. The number of aromatic nitrogens is 6. The second-order valence-corrected chi connectivity index (χ2v) is 9.84. The fourth-order valence-electron chi connectivity index (χ4n) is 5.12. The maximum atomic E-state index is 13.6. The third-order valence-electron chi connectivity index (χ3n) is 6.99. The van der Waals surface area contributed by atoms with Gasteiger partial charge in [0.1, 0.15) is 11.2 Å². The molecule has 0 aromatic carbocycles. The van der Waals surface area contributed by atoms with Crippen molar-refractivity contribution >= 4 is 16.6 Å². The summed E-state index contributed by atoms with van der Waals surface area (Å²) in [6.07, 6.45) is 10.7. The minimum absolute atomic E-state index is 0.102. The summed E-state index contributed by atoms with van der Waals surface area (Å²) in [5, 5.41) is 7.65. The molecular formula is C30H27F2N7. The van der Waals surface area contributed by atoms with Crippen LogP contribution in [0.4, 0.5) is 8.78 Å². The fraction of sp³-hybridized carbons (Fsp3) is 0.200. The number of alkyl halides is 2. The van der Waals surface area contributed by atoms with Gasteiger partial charge in [-0.2, -0.15) is 5.10 Å². The van der Waals surface area contributed by atoms with Crippen LogP contribution in [-0.4, -0.2) is 54.0 Å². The van der Waals surface area contributed by atoms with Crippen LogP contribution in [0.25, 0.3) is 39.3 Å². The summed E-state index contributed by atoms with van der Waals surface area (Å²) in [4.78, 5) is 18.7. The molecule has 0 unspecified atom stereocenters. The largest absolute Gasteiger partial charge is 0.357 e. The topological polar surface area (TPSA) is 86.4 Å². The van der Waals surface area contributed by atoms with E-state index in [1.54, 1.807) is 35.8 Å². The van der Waals surface area contributed by atoms with Crippen LogP contribution < -0.4 is 0 Å². The molecule has 0 atom stereocenters. The molecule has 6 heterocycles. The molecule has 0 spiro atoms. The molecule has 1 aliphatic heterocycles. The van der Waals surface area contributed by atoms with E-state index in [0.717, 1.165) is 55.9 Å². The highest BCUT2D eigenvalue weighted by Crippen LogP contribution is 2.33. The van der Waals surface area contributed by atoms with E-state index in [2.05, 4.69) is 37.8 Å². The summed E-state index contributed by atoms with van der Waals surface area (Å²) >= 11 is 0. The Hall–Kier alpha value is -4.50. The number of allylic oxidation sites excluding steroid dienone is 2. The Balaban J connectivity index is 1.33. The molecule has 6 rings (SSSR count). The summed E-state index contributed by atoms with van der Waals surface area (Å²) in [7, 11) is 0. The van der Waals surface area contributed by atoms with E-state index < -0.39 is 5.92 Å². The van der Waals surface area contributed by atoms with Crippen molar-refractivity contribution in [1.29, 1.82) is 0 Å². The second kappa shape index (κ2) is 9.99. The predicted molar refractivity (Wildman–Crippen MR) is 148 cm³/mol. The van der Waals surface area contributed by atoms with Crippen molar-refractivity contribution in [2.75, 3.05) is 13.1 Å². The Kier molecular flexibility index (Phi) is 6.36. The van der Waals surface area contributed by atoms with Gasteiger partial charge in [0.05, 0.1) is 23.4 Å². The van der Waals surface area contributed by atoms with Gasteiger partial charge in [0.15, 0.2) is 0 Å². The number of aromatic amines is 2. The number of hydrogen-bond acceptors (Lipinski definition) is 5. The molecule has 5 aromatic heterocycles. The molecule has 39 heavy (non-hydrogen) atoms. The minimum atomic E-state index is -2.62. The maximum Gasteiger partial charge on any atom is 0.261 e. The Bertz CT molecular complexity index is 1680. The SMILES string of the molecule is C=C/C=C(/c1ccncc1)c1cc(-c2n[nH]c3ccc(-c4cncc(CN5CCC(F)(F)C5)c4)nc23)[nH]c1C. The van der Waals surface area contributed by atoms with Crippen molar-refractivity contribution < 1.29 is 8.78 Å². The zero-order chi connectivity index (χ0) is 27.0. The lowest BCUT2D eigenvalue weighted by Crippen LogP contribution is -2.24. The highest BCUT2D eigenvalue weighted by molar-refractivity contribution is 5.92. The van der Waals surface area contributed by atoms with Crippen molar-refractivity contribution in [2.45, 2.75) is 25.8 Å². The van der Waals surface area contributed by atoms with E-state index in [9.17, 15) is 8.78 Å². The summed E-state index contributed by atoms with van der Waals surface area (Å²) in [5.74, 6) is -2.62. The molecule has 0 amide bonds. The van der Waals surface area contributed by atoms with Crippen molar-refractivity contribution in [3.63, 3.8) is 0 Å². The number of fused-ring (bicyclic) bond motifs is 1. The van der Waals surface area contributed by atoms with Gasteiger partial charge >= 0.3 is 0 Å². The van der Waals surface area contributed by atoms with Gasteiger partial charge in [-0.25, -0.2) is 13.8 Å². The van der Waals surface area contributed by atoms with E-state index in [4.69, 9.17) is 4.98 Å². The summed E-state index contributed by atoms with van der Waals surface area (Å²) in [5.41, 5.74) is 9.60. The lowest BCUT2D eigenvalue weighted by Gasteiger charge is -2.15.